The first-order valence-corrected chi connectivity index (χ1v) is 5.80. The fourth-order valence-electron chi connectivity index (χ4n) is 1.71. The van der Waals surface area contributed by atoms with E-state index < -0.39 is 11.9 Å². The van der Waals surface area contributed by atoms with Crippen molar-refractivity contribution >= 4 is 18.0 Å². The minimum atomic E-state index is -0.930. The van der Waals surface area contributed by atoms with E-state index in [4.69, 9.17) is 10.8 Å². The number of hydrogen-bond donors (Lipinski definition) is 2. The second-order valence-electron chi connectivity index (χ2n) is 4.16. The normalized spacial score (nSPS) is 11.3. The summed E-state index contributed by atoms with van der Waals surface area (Å²) < 4.78 is 0. The molecular formula is C14H17NO3. The highest BCUT2D eigenvalue weighted by atomic mass is 16.4. The van der Waals surface area contributed by atoms with E-state index in [0.29, 0.717) is 17.6 Å². The van der Waals surface area contributed by atoms with Gasteiger partial charge in [0.05, 0.1) is 5.56 Å². The number of amides is 1. The van der Waals surface area contributed by atoms with Crippen molar-refractivity contribution in [3.8, 4) is 0 Å². The van der Waals surface area contributed by atoms with E-state index in [1.54, 1.807) is 31.2 Å². The van der Waals surface area contributed by atoms with Crippen LogP contribution in [0.5, 0.6) is 0 Å². The number of carboxylic acid groups (broad SMARTS) is 1. The summed E-state index contributed by atoms with van der Waals surface area (Å²) in [5.74, 6) is -1.41. The zero-order valence-electron chi connectivity index (χ0n) is 10.6. The Morgan fingerprint density at radius 3 is 2.56 bits per heavy atom. The van der Waals surface area contributed by atoms with E-state index in [1.807, 2.05) is 6.92 Å². The molecule has 1 aromatic carbocycles. The van der Waals surface area contributed by atoms with E-state index in [0.717, 1.165) is 17.5 Å². The quantitative estimate of drug-likeness (QED) is 0.783. The molecule has 96 valence electrons. The fraction of sp³-hybridized carbons (Fsp3) is 0.286. The largest absolute Gasteiger partial charge is 0.478 e. The molecule has 0 aliphatic carbocycles. The third-order valence-corrected chi connectivity index (χ3v) is 2.65. The number of primary amides is 1. The molecule has 0 saturated heterocycles. The van der Waals surface area contributed by atoms with Crippen molar-refractivity contribution in [1.29, 1.82) is 0 Å². The van der Waals surface area contributed by atoms with Crippen molar-refractivity contribution in [3.63, 3.8) is 0 Å². The minimum absolute atomic E-state index is 0.311. The van der Waals surface area contributed by atoms with Crippen LogP contribution in [0.3, 0.4) is 0 Å². The van der Waals surface area contributed by atoms with Gasteiger partial charge in [-0.05, 0) is 36.6 Å². The predicted octanol–water partition coefficient (Wildman–Crippen LogP) is 2.23. The maximum Gasteiger partial charge on any atom is 0.335 e. The summed E-state index contributed by atoms with van der Waals surface area (Å²) in [4.78, 5) is 22.0. The van der Waals surface area contributed by atoms with Crippen molar-refractivity contribution in [2.24, 2.45) is 5.73 Å². The van der Waals surface area contributed by atoms with Crippen molar-refractivity contribution in [2.45, 2.75) is 26.7 Å². The average molecular weight is 247 g/mol. The summed E-state index contributed by atoms with van der Waals surface area (Å²) in [5.41, 5.74) is 7.48. The summed E-state index contributed by atoms with van der Waals surface area (Å²) in [7, 11) is 0. The molecule has 0 fully saturated rings. The Balaban J connectivity index is 3.18. The Bertz CT molecular complexity index is 504. The molecule has 4 heteroatoms. The van der Waals surface area contributed by atoms with Crippen LogP contribution in [-0.4, -0.2) is 17.0 Å². The molecule has 0 saturated carbocycles. The van der Waals surface area contributed by atoms with Crippen LogP contribution in [0.4, 0.5) is 0 Å². The molecule has 0 radical (unpaired) electrons. The van der Waals surface area contributed by atoms with Gasteiger partial charge in [0.1, 0.15) is 0 Å². The number of carbonyl (C=O) groups is 2. The Morgan fingerprint density at radius 2 is 2.06 bits per heavy atom. The molecule has 0 bridgehead atoms. The lowest BCUT2D eigenvalue weighted by molar-refractivity contribution is -0.114. The molecule has 18 heavy (non-hydrogen) atoms. The SMILES string of the molecule is CCCc1cc(C=C(C)C(N)=O)ccc1C(=O)O. The highest BCUT2D eigenvalue weighted by Gasteiger charge is 2.09. The molecule has 0 heterocycles. The molecule has 0 unspecified atom stereocenters. The topological polar surface area (TPSA) is 80.4 Å². The van der Waals surface area contributed by atoms with Gasteiger partial charge in [0.15, 0.2) is 0 Å². The van der Waals surface area contributed by atoms with Crippen molar-refractivity contribution < 1.29 is 14.7 Å². The number of nitrogens with two attached hydrogens (primary N) is 1. The molecule has 1 aromatic rings. The van der Waals surface area contributed by atoms with E-state index in [9.17, 15) is 9.59 Å². The lowest BCUT2D eigenvalue weighted by Crippen LogP contribution is -2.11. The molecule has 4 nitrogen and oxygen atoms in total. The van der Waals surface area contributed by atoms with E-state index in [-0.39, 0.29) is 0 Å². The maximum absolute atomic E-state index is 11.0. The third kappa shape index (κ3) is 3.45. The van der Waals surface area contributed by atoms with Crippen LogP contribution in [0.2, 0.25) is 0 Å². The molecule has 1 rings (SSSR count). The Kier molecular flexibility index (Phi) is 4.66. The Labute approximate surface area is 106 Å². The average Bonchev–Trinajstić information content (AvgIpc) is 2.29. The van der Waals surface area contributed by atoms with Gasteiger partial charge < -0.3 is 10.8 Å². The van der Waals surface area contributed by atoms with Gasteiger partial charge >= 0.3 is 5.97 Å². The zero-order chi connectivity index (χ0) is 13.7. The summed E-state index contributed by atoms with van der Waals surface area (Å²) >= 11 is 0. The van der Waals surface area contributed by atoms with Gasteiger partial charge in [-0.3, -0.25) is 4.79 Å². The number of carboxylic acids is 1. The lowest BCUT2D eigenvalue weighted by Gasteiger charge is -2.06. The summed E-state index contributed by atoms with van der Waals surface area (Å²) in [5, 5.41) is 9.06. The third-order valence-electron chi connectivity index (χ3n) is 2.65. The van der Waals surface area contributed by atoms with E-state index in [2.05, 4.69) is 0 Å². The Morgan fingerprint density at radius 1 is 1.39 bits per heavy atom. The smallest absolute Gasteiger partial charge is 0.335 e. The van der Waals surface area contributed by atoms with E-state index >= 15 is 0 Å². The van der Waals surface area contributed by atoms with Gasteiger partial charge in [0, 0.05) is 5.57 Å². The van der Waals surface area contributed by atoms with Crippen molar-refractivity contribution in [3.05, 3.63) is 40.5 Å². The number of carbonyl (C=O) groups excluding carboxylic acids is 1. The first-order valence-electron chi connectivity index (χ1n) is 5.80. The van der Waals surface area contributed by atoms with Crippen LogP contribution < -0.4 is 5.73 Å². The van der Waals surface area contributed by atoms with Crippen LogP contribution in [0.15, 0.2) is 23.8 Å². The van der Waals surface area contributed by atoms with Gasteiger partial charge in [0.2, 0.25) is 5.91 Å². The molecule has 0 spiro atoms. The van der Waals surface area contributed by atoms with Gasteiger partial charge in [-0.25, -0.2) is 4.79 Å². The highest BCUT2D eigenvalue weighted by Crippen LogP contribution is 2.16. The monoisotopic (exact) mass is 247 g/mol. The van der Waals surface area contributed by atoms with Crippen LogP contribution in [0, 0.1) is 0 Å². The Hall–Kier alpha value is -2.10. The second kappa shape index (κ2) is 6.00. The standard InChI is InChI=1S/C14H17NO3/c1-3-4-11-8-10(7-9(2)13(15)16)5-6-12(11)14(17)18/h5-8H,3-4H2,1-2H3,(H2,15,16)(H,17,18). The van der Waals surface area contributed by atoms with Crippen molar-refractivity contribution in [1.82, 2.24) is 0 Å². The molecular weight excluding hydrogens is 230 g/mol. The summed E-state index contributed by atoms with van der Waals surface area (Å²) in [6, 6.07) is 5.03. The molecule has 0 aliphatic rings. The summed E-state index contributed by atoms with van der Waals surface area (Å²) in [6.45, 7) is 3.62. The molecule has 0 aromatic heterocycles. The van der Waals surface area contributed by atoms with Crippen molar-refractivity contribution in [2.75, 3.05) is 0 Å². The van der Waals surface area contributed by atoms with Crippen LogP contribution in [0.1, 0.15) is 41.8 Å². The van der Waals surface area contributed by atoms with Crippen LogP contribution in [0.25, 0.3) is 6.08 Å². The summed E-state index contributed by atoms with van der Waals surface area (Å²) in [6.07, 6.45) is 3.22. The van der Waals surface area contributed by atoms with Gasteiger partial charge in [0.25, 0.3) is 0 Å². The first kappa shape index (κ1) is 14.0. The van der Waals surface area contributed by atoms with Crippen LogP contribution in [-0.2, 0) is 11.2 Å². The first-order chi connectivity index (χ1) is 8.45. The van der Waals surface area contributed by atoms with Gasteiger partial charge in [-0.15, -0.1) is 0 Å². The highest BCUT2D eigenvalue weighted by molar-refractivity contribution is 5.96. The lowest BCUT2D eigenvalue weighted by atomic mass is 9.99. The van der Waals surface area contributed by atoms with Gasteiger partial charge in [-0.1, -0.05) is 25.5 Å². The number of benzene rings is 1. The number of hydrogen-bond acceptors (Lipinski definition) is 2. The van der Waals surface area contributed by atoms with E-state index in [1.165, 1.54) is 0 Å². The number of rotatable bonds is 5. The fourth-order valence-corrected chi connectivity index (χ4v) is 1.71. The maximum atomic E-state index is 11.0. The minimum Gasteiger partial charge on any atom is -0.478 e. The molecule has 0 atom stereocenters. The van der Waals surface area contributed by atoms with Crippen LogP contribution >= 0.6 is 0 Å². The predicted molar refractivity (Wildman–Crippen MR) is 70.2 cm³/mol. The second-order valence-corrected chi connectivity index (χ2v) is 4.16. The molecule has 1 amide bonds. The number of aromatic carboxylic acids is 1. The number of aryl methyl sites for hydroxylation is 1. The molecule has 0 aliphatic heterocycles. The zero-order valence-corrected chi connectivity index (χ0v) is 10.6. The molecule has 3 N–H and O–H groups in total. The van der Waals surface area contributed by atoms with Gasteiger partial charge in [-0.2, -0.15) is 0 Å².